The van der Waals surface area contributed by atoms with Crippen molar-refractivity contribution in [2.75, 3.05) is 13.2 Å². The molecule has 0 saturated carbocycles. The van der Waals surface area contributed by atoms with E-state index in [4.69, 9.17) is 4.74 Å². The van der Waals surface area contributed by atoms with Crippen molar-refractivity contribution in [3.8, 4) is 0 Å². The van der Waals surface area contributed by atoms with Crippen molar-refractivity contribution in [2.45, 2.75) is 360 Å². The molecule has 0 fully saturated rings. The van der Waals surface area contributed by atoms with Crippen LogP contribution in [-0.4, -0.2) is 47.4 Å². The highest BCUT2D eigenvalue weighted by Gasteiger charge is 2.18. The quantitative estimate of drug-likeness (QED) is 0.0320. The van der Waals surface area contributed by atoms with Gasteiger partial charge in [-0.1, -0.05) is 306 Å². The van der Waals surface area contributed by atoms with Gasteiger partial charge in [-0.25, -0.2) is 0 Å². The first-order valence-electron chi connectivity index (χ1n) is 32.9. The van der Waals surface area contributed by atoms with Crippen LogP contribution in [0.1, 0.15) is 348 Å². The summed E-state index contributed by atoms with van der Waals surface area (Å²) in [6.07, 6.45) is 81.8. The lowest BCUT2D eigenvalue weighted by Crippen LogP contribution is -2.45. The molecule has 0 heterocycles. The number of carbonyl (C=O) groups is 2. The van der Waals surface area contributed by atoms with Gasteiger partial charge in [0.05, 0.1) is 25.4 Å². The number of allylic oxidation sites excluding steroid dienone is 6. The molecule has 0 bridgehead atoms. The van der Waals surface area contributed by atoms with Crippen molar-refractivity contribution in [1.82, 2.24) is 5.32 Å². The largest absolute Gasteiger partial charge is 0.465 e. The number of hydrogen-bond donors (Lipinski definition) is 3. The summed E-state index contributed by atoms with van der Waals surface area (Å²) in [6.45, 7) is 4.81. The number of ether oxygens (including phenoxy) is 1. The molecule has 6 nitrogen and oxygen atoms in total. The molecular formula is C68H127NO5. The molecule has 0 aromatic rings. The van der Waals surface area contributed by atoms with Gasteiger partial charge in [0.1, 0.15) is 0 Å². The van der Waals surface area contributed by atoms with E-state index in [1.54, 1.807) is 6.08 Å². The molecular weight excluding hydrogens is 911 g/mol. The lowest BCUT2D eigenvalue weighted by molar-refractivity contribution is -0.143. The number of esters is 1. The highest BCUT2D eigenvalue weighted by atomic mass is 16.5. The van der Waals surface area contributed by atoms with Crippen molar-refractivity contribution < 1.29 is 24.5 Å². The summed E-state index contributed by atoms with van der Waals surface area (Å²) in [6, 6.07) is -0.634. The van der Waals surface area contributed by atoms with E-state index in [-0.39, 0.29) is 18.5 Å². The standard InChI is InChI=1S/C68H127NO5/c1-3-5-7-9-11-13-15-17-19-20-21-23-26-29-33-36-40-44-48-52-56-60-66(71)65(64-70)69-67(72)61-57-53-49-45-41-37-34-30-27-24-22-25-28-31-35-39-43-47-51-55-59-63-74-68(73)62-58-54-50-46-42-38-32-18-16-14-12-10-8-6-4-2/h18,32,39,43,51,55-56,60,65-66,70-71H,3-17,19-31,33-38,40-42,44-50,52-54,57-59,61-64H2,1-2H3,(H,69,72)/b32-18-,43-39-,55-51-,60-56+. The van der Waals surface area contributed by atoms with Gasteiger partial charge in [-0.05, 0) is 77.0 Å². The molecule has 0 aromatic heterocycles. The number of aliphatic hydroxyl groups excluding tert-OH is 2. The predicted molar refractivity (Wildman–Crippen MR) is 324 cm³/mol. The average molecular weight is 1040 g/mol. The minimum atomic E-state index is -0.850. The number of nitrogens with one attached hydrogen (secondary N) is 1. The van der Waals surface area contributed by atoms with Gasteiger partial charge in [0, 0.05) is 12.8 Å². The monoisotopic (exact) mass is 1040 g/mol. The maximum atomic E-state index is 12.5. The predicted octanol–water partition coefficient (Wildman–Crippen LogP) is 20.9. The van der Waals surface area contributed by atoms with E-state index in [9.17, 15) is 19.8 Å². The number of rotatable bonds is 61. The van der Waals surface area contributed by atoms with E-state index < -0.39 is 12.1 Å². The fourth-order valence-corrected chi connectivity index (χ4v) is 10.1. The third kappa shape index (κ3) is 59.1. The summed E-state index contributed by atoms with van der Waals surface area (Å²) in [5.41, 5.74) is 0. The number of hydrogen-bond acceptors (Lipinski definition) is 5. The molecule has 0 radical (unpaired) electrons. The summed E-state index contributed by atoms with van der Waals surface area (Å²) in [5.74, 6) is -0.114. The Morgan fingerprint density at radius 3 is 1.04 bits per heavy atom. The maximum absolute atomic E-state index is 12.5. The first-order valence-corrected chi connectivity index (χ1v) is 32.9. The van der Waals surface area contributed by atoms with Crippen molar-refractivity contribution in [3.05, 3.63) is 48.6 Å². The summed E-state index contributed by atoms with van der Waals surface area (Å²) in [4.78, 5) is 24.5. The van der Waals surface area contributed by atoms with Crippen LogP contribution in [0, 0.1) is 0 Å². The third-order valence-corrected chi connectivity index (χ3v) is 15.1. The molecule has 3 N–H and O–H groups in total. The summed E-state index contributed by atoms with van der Waals surface area (Å²) in [5, 5.41) is 23.2. The third-order valence-electron chi connectivity index (χ3n) is 15.1. The van der Waals surface area contributed by atoms with Gasteiger partial charge < -0.3 is 20.3 Å². The van der Waals surface area contributed by atoms with E-state index in [1.807, 2.05) is 6.08 Å². The van der Waals surface area contributed by atoms with E-state index in [2.05, 4.69) is 55.6 Å². The Morgan fingerprint density at radius 1 is 0.378 bits per heavy atom. The zero-order chi connectivity index (χ0) is 53.6. The van der Waals surface area contributed by atoms with Gasteiger partial charge in [0.25, 0.3) is 0 Å². The Kier molecular flexibility index (Phi) is 61.5. The molecule has 74 heavy (non-hydrogen) atoms. The van der Waals surface area contributed by atoms with E-state index >= 15 is 0 Å². The number of aliphatic hydroxyl groups is 2. The second-order valence-electron chi connectivity index (χ2n) is 22.4. The molecule has 0 aliphatic heterocycles. The Labute approximate surface area is 461 Å². The molecule has 0 aliphatic rings. The molecule has 2 unspecified atom stereocenters. The van der Waals surface area contributed by atoms with Crippen molar-refractivity contribution in [2.24, 2.45) is 0 Å². The summed E-state index contributed by atoms with van der Waals surface area (Å²) >= 11 is 0. The van der Waals surface area contributed by atoms with Gasteiger partial charge in [-0.3, -0.25) is 9.59 Å². The van der Waals surface area contributed by atoms with Gasteiger partial charge in [0.15, 0.2) is 0 Å². The van der Waals surface area contributed by atoms with E-state index in [1.165, 1.54) is 270 Å². The smallest absolute Gasteiger partial charge is 0.305 e. The Morgan fingerprint density at radius 2 is 0.676 bits per heavy atom. The zero-order valence-electron chi connectivity index (χ0n) is 49.6. The second kappa shape index (κ2) is 63.4. The van der Waals surface area contributed by atoms with Crippen molar-refractivity contribution in [3.63, 3.8) is 0 Å². The molecule has 434 valence electrons. The lowest BCUT2D eigenvalue weighted by atomic mass is 10.0. The van der Waals surface area contributed by atoms with Crippen LogP contribution in [-0.2, 0) is 14.3 Å². The molecule has 0 rings (SSSR count). The normalized spacial score (nSPS) is 12.9. The van der Waals surface area contributed by atoms with Gasteiger partial charge in [0.2, 0.25) is 5.91 Å². The SMILES string of the molecule is CCCCCCCC/C=C\CCCCCCCC(=O)OCC/C=C\C/C=C\CCCCCCCCCCCCCCCCC(=O)NC(CO)C(O)/C=C/CCCCCCCCCCCCCCCCCCCCC. The summed E-state index contributed by atoms with van der Waals surface area (Å²) in [7, 11) is 0. The Balaban J connectivity index is 3.48. The molecule has 0 aromatic carbocycles. The summed E-state index contributed by atoms with van der Waals surface area (Å²) < 4.78 is 5.42. The average Bonchev–Trinajstić information content (AvgIpc) is 3.40. The van der Waals surface area contributed by atoms with Crippen LogP contribution in [0.3, 0.4) is 0 Å². The molecule has 0 spiro atoms. The van der Waals surface area contributed by atoms with Crippen LogP contribution in [0.2, 0.25) is 0 Å². The first kappa shape index (κ1) is 71.8. The van der Waals surface area contributed by atoms with E-state index in [0.717, 1.165) is 51.4 Å². The van der Waals surface area contributed by atoms with Crippen molar-refractivity contribution >= 4 is 11.9 Å². The van der Waals surface area contributed by atoms with Gasteiger partial charge >= 0.3 is 5.97 Å². The number of unbranched alkanes of at least 4 members (excludes halogenated alkanes) is 44. The van der Waals surface area contributed by atoms with Crippen LogP contribution in [0.25, 0.3) is 0 Å². The van der Waals surface area contributed by atoms with Crippen LogP contribution in [0.5, 0.6) is 0 Å². The fourth-order valence-electron chi connectivity index (χ4n) is 10.1. The van der Waals surface area contributed by atoms with Crippen LogP contribution >= 0.6 is 0 Å². The minimum absolute atomic E-state index is 0.0437. The number of carbonyl (C=O) groups excluding carboxylic acids is 2. The second-order valence-corrected chi connectivity index (χ2v) is 22.4. The van der Waals surface area contributed by atoms with Crippen LogP contribution in [0.15, 0.2) is 48.6 Å². The highest BCUT2D eigenvalue weighted by molar-refractivity contribution is 5.76. The molecule has 0 aliphatic carbocycles. The Hall–Kier alpha value is -2.18. The molecule has 0 saturated heterocycles. The first-order chi connectivity index (χ1) is 36.5. The van der Waals surface area contributed by atoms with Crippen molar-refractivity contribution in [1.29, 1.82) is 0 Å². The zero-order valence-corrected chi connectivity index (χ0v) is 49.6. The molecule has 6 heteroatoms. The highest BCUT2D eigenvalue weighted by Crippen LogP contribution is 2.17. The fraction of sp³-hybridized carbons (Fsp3) is 0.853. The van der Waals surface area contributed by atoms with Gasteiger partial charge in [-0.2, -0.15) is 0 Å². The maximum Gasteiger partial charge on any atom is 0.305 e. The van der Waals surface area contributed by atoms with E-state index in [0.29, 0.717) is 19.4 Å². The lowest BCUT2D eigenvalue weighted by Gasteiger charge is -2.20. The molecule has 1 amide bonds. The van der Waals surface area contributed by atoms with Crippen LogP contribution in [0.4, 0.5) is 0 Å². The Bertz CT molecular complexity index is 1240. The number of amides is 1. The minimum Gasteiger partial charge on any atom is -0.465 e. The topological polar surface area (TPSA) is 95.9 Å². The van der Waals surface area contributed by atoms with Gasteiger partial charge in [-0.15, -0.1) is 0 Å². The van der Waals surface area contributed by atoms with Crippen LogP contribution < -0.4 is 5.32 Å². The molecule has 2 atom stereocenters.